The highest BCUT2D eigenvalue weighted by atomic mass is 32.2. The third-order valence-corrected chi connectivity index (χ3v) is 7.04. The van der Waals surface area contributed by atoms with Gasteiger partial charge in [0.1, 0.15) is 16.5 Å². The molecule has 1 N–H and O–H groups in total. The smallest absolute Gasteiger partial charge is 0.246 e. The van der Waals surface area contributed by atoms with Gasteiger partial charge in [-0.3, -0.25) is 4.79 Å². The predicted molar refractivity (Wildman–Crippen MR) is 104 cm³/mol. The van der Waals surface area contributed by atoms with Crippen LogP contribution in [0.15, 0.2) is 47.4 Å². The summed E-state index contributed by atoms with van der Waals surface area (Å²) in [5.74, 6) is -0.474. The predicted octanol–water partition coefficient (Wildman–Crippen LogP) is 3.15. The molecule has 1 aliphatic rings. The number of carbonyl (C=O) groups is 1. The normalized spacial score (nSPS) is 15.8. The maximum atomic E-state index is 13.7. The highest BCUT2D eigenvalue weighted by Gasteiger charge is 2.45. The van der Waals surface area contributed by atoms with Gasteiger partial charge in [-0.25, -0.2) is 17.1 Å². The van der Waals surface area contributed by atoms with Gasteiger partial charge >= 0.3 is 0 Å². The van der Waals surface area contributed by atoms with Crippen LogP contribution in [0.5, 0.6) is 5.75 Å². The quantitative estimate of drug-likeness (QED) is 0.800. The van der Waals surface area contributed by atoms with Crippen LogP contribution in [-0.4, -0.2) is 39.8 Å². The maximum Gasteiger partial charge on any atom is 0.246 e. The van der Waals surface area contributed by atoms with Crippen LogP contribution in [0.1, 0.15) is 24.8 Å². The van der Waals surface area contributed by atoms with Crippen LogP contribution in [0.25, 0.3) is 0 Å². The van der Waals surface area contributed by atoms with Crippen LogP contribution in [0.3, 0.4) is 0 Å². The van der Waals surface area contributed by atoms with Gasteiger partial charge in [0.25, 0.3) is 0 Å². The van der Waals surface area contributed by atoms with Crippen LogP contribution in [0.2, 0.25) is 0 Å². The zero-order valence-corrected chi connectivity index (χ0v) is 16.8. The molecule has 2 aromatic carbocycles. The Labute approximate surface area is 164 Å². The van der Waals surface area contributed by atoms with Crippen molar-refractivity contribution in [3.05, 3.63) is 53.8 Å². The minimum absolute atomic E-state index is 0.0359. The molecule has 0 radical (unpaired) electrons. The third kappa shape index (κ3) is 3.49. The Kier molecular flexibility index (Phi) is 5.45. The van der Waals surface area contributed by atoms with Crippen molar-refractivity contribution in [2.24, 2.45) is 0 Å². The molecule has 0 aliphatic heterocycles. The number of benzene rings is 2. The molecule has 0 atom stereocenters. The van der Waals surface area contributed by atoms with Gasteiger partial charge in [0.2, 0.25) is 15.9 Å². The minimum Gasteiger partial charge on any atom is -0.495 e. The number of carbonyl (C=O) groups excluding carboxylic acids is 1. The van der Waals surface area contributed by atoms with Gasteiger partial charge in [-0.2, -0.15) is 0 Å². The second-order valence-electron chi connectivity index (χ2n) is 7.05. The molecular formula is C20H23FN2O4S. The fraction of sp³-hybridized carbons (Fsp3) is 0.350. The SMILES string of the molecule is COc1ccc(NC(=O)C2(c3cccc(F)c3)CCC2)cc1S(=O)(=O)N(C)C. The second-order valence-corrected chi connectivity index (χ2v) is 9.17. The Hall–Kier alpha value is -2.45. The first kappa shape index (κ1) is 20.3. The van der Waals surface area contributed by atoms with Gasteiger partial charge in [-0.05, 0) is 48.7 Å². The molecule has 0 bridgehead atoms. The van der Waals surface area contributed by atoms with E-state index in [1.165, 1.54) is 45.5 Å². The highest BCUT2D eigenvalue weighted by molar-refractivity contribution is 7.89. The Balaban J connectivity index is 1.94. The van der Waals surface area contributed by atoms with Crippen molar-refractivity contribution in [1.82, 2.24) is 4.31 Å². The van der Waals surface area contributed by atoms with Crippen LogP contribution < -0.4 is 10.1 Å². The first-order chi connectivity index (χ1) is 13.2. The monoisotopic (exact) mass is 406 g/mol. The molecule has 28 heavy (non-hydrogen) atoms. The molecule has 8 heteroatoms. The zero-order valence-electron chi connectivity index (χ0n) is 16.0. The van der Waals surface area contributed by atoms with E-state index < -0.39 is 15.4 Å². The lowest BCUT2D eigenvalue weighted by Gasteiger charge is -2.40. The summed E-state index contributed by atoms with van der Waals surface area (Å²) in [7, 11) is 0.477. The van der Waals surface area contributed by atoms with E-state index in [0.717, 1.165) is 10.7 Å². The first-order valence-corrected chi connectivity index (χ1v) is 10.3. The van der Waals surface area contributed by atoms with Gasteiger partial charge in [-0.1, -0.05) is 18.6 Å². The van der Waals surface area contributed by atoms with Gasteiger partial charge < -0.3 is 10.1 Å². The largest absolute Gasteiger partial charge is 0.495 e. The fourth-order valence-electron chi connectivity index (χ4n) is 3.37. The van der Waals surface area contributed by atoms with E-state index in [4.69, 9.17) is 4.74 Å². The van der Waals surface area contributed by atoms with Crippen LogP contribution in [0, 0.1) is 5.82 Å². The number of hydrogen-bond donors (Lipinski definition) is 1. The lowest BCUT2D eigenvalue weighted by Crippen LogP contribution is -2.46. The van der Waals surface area contributed by atoms with E-state index in [1.54, 1.807) is 18.2 Å². The number of nitrogens with zero attached hydrogens (tertiary/aromatic N) is 1. The molecule has 0 saturated heterocycles. The van der Waals surface area contributed by atoms with E-state index in [9.17, 15) is 17.6 Å². The van der Waals surface area contributed by atoms with E-state index in [-0.39, 0.29) is 22.4 Å². The van der Waals surface area contributed by atoms with Gasteiger partial charge in [-0.15, -0.1) is 0 Å². The average Bonchev–Trinajstić information content (AvgIpc) is 2.60. The van der Waals surface area contributed by atoms with Crippen molar-refractivity contribution < 1.29 is 22.3 Å². The summed E-state index contributed by atoms with van der Waals surface area (Å²) >= 11 is 0. The standard InChI is InChI=1S/C20H23FN2O4S/c1-23(2)28(25,26)18-13-16(8-9-17(18)27-3)22-19(24)20(10-5-11-20)14-6-4-7-15(21)12-14/h4,6-9,12-13H,5,10-11H2,1-3H3,(H,22,24). The molecule has 0 spiro atoms. The Bertz CT molecular complexity index is 1000. The first-order valence-electron chi connectivity index (χ1n) is 8.89. The molecule has 1 aliphatic carbocycles. The summed E-state index contributed by atoms with van der Waals surface area (Å²) in [6.45, 7) is 0. The summed E-state index contributed by atoms with van der Waals surface area (Å²) in [6.07, 6.45) is 2.09. The van der Waals surface area contributed by atoms with Gasteiger partial charge in [0, 0.05) is 19.8 Å². The number of rotatable bonds is 6. The minimum atomic E-state index is -3.76. The topological polar surface area (TPSA) is 75.7 Å². The fourth-order valence-corrected chi connectivity index (χ4v) is 4.44. The van der Waals surface area contributed by atoms with Crippen LogP contribution in [0.4, 0.5) is 10.1 Å². The molecule has 150 valence electrons. The molecule has 1 fully saturated rings. The van der Waals surface area contributed by atoms with E-state index in [0.29, 0.717) is 24.1 Å². The lowest BCUT2D eigenvalue weighted by molar-refractivity contribution is -0.124. The number of halogens is 1. The summed E-state index contributed by atoms with van der Waals surface area (Å²) in [5, 5.41) is 2.81. The Morgan fingerprint density at radius 1 is 1.18 bits per heavy atom. The molecular weight excluding hydrogens is 383 g/mol. The average molecular weight is 406 g/mol. The summed E-state index contributed by atoms with van der Waals surface area (Å²) in [5.41, 5.74) is 0.169. The van der Waals surface area contributed by atoms with E-state index in [1.807, 2.05) is 0 Å². The number of ether oxygens (including phenoxy) is 1. The van der Waals surface area contributed by atoms with Gasteiger partial charge in [0.05, 0.1) is 12.5 Å². The van der Waals surface area contributed by atoms with Crippen molar-refractivity contribution in [2.75, 3.05) is 26.5 Å². The van der Waals surface area contributed by atoms with Crippen LogP contribution >= 0.6 is 0 Å². The number of nitrogens with one attached hydrogen (secondary N) is 1. The maximum absolute atomic E-state index is 13.7. The molecule has 1 amide bonds. The molecule has 6 nitrogen and oxygen atoms in total. The third-order valence-electron chi connectivity index (χ3n) is 5.20. The second kappa shape index (κ2) is 7.52. The van der Waals surface area contributed by atoms with Crippen molar-refractivity contribution in [1.29, 1.82) is 0 Å². The van der Waals surface area contributed by atoms with Crippen molar-refractivity contribution in [3.8, 4) is 5.75 Å². The summed E-state index contributed by atoms with van der Waals surface area (Å²) < 4.78 is 45.0. The molecule has 3 rings (SSSR count). The molecule has 0 heterocycles. The van der Waals surface area contributed by atoms with Gasteiger partial charge in [0.15, 0.2) is 0 Å². The molecule has 1 saturated carbocycles. The van der Waals surface area contributed by atoms with Crippen molar-refractivity contribution >= 4 is 21.6 Å². The summed E-state index contributed by atoms with van der Waals surface area (Å²) in [6, 6.07) is 10.5. The molecule has 0 aromatic heterocycles. The Morgan fingerprint density at radius 3 is 2.43 bits per heavy atom. The zero-order chi connectivity index (χ0) is 20.5. The molecule has 0 unspecified atom stereocenters. The van der Waals surface area contributed by atoms with Crippen molar-refractivity contribution in [3.63, 3.8) is 0 Å². The molecule has 2 aromatic rings. The van der Waals surface area contributed by atoms with E-state index >= 15 is 0 Å². The number of methoxy groups -OCH3 is 1. The number of anilines is 1. The summed E-state index contributed by atoms with van der Waals surface area (Å²) in [4.78, 5) is 13.0. The number of amides is 1. The number of sulfonamides is 1. The Morgan fingerprint density at radius 2 is 1.89 bits per heavy atom. The van der Waals surface area contributed by atoms with Crippen molar-refractivity contribution in [2.45, 2.75) is 29.6 Å². The van der Waals surface area contributed by atoms with E-state index in [2.05, 4.69) is 5.32 Å². The highest BCUT2D eigenvalue weighted by Crippen LogP contribution is 2.45. The van der Waals surface area contributed by atoms with Crippen LogP contribution in [-0.2, 0) is 20.2 Å². The number of hydrogen-bond acceptors (Lipinski definition) is 4. The lowest BCUT2D eigenvalue weighted by atomic mass is 9.63.